The molecule has 2 rings (SSSR count). The first-order chi connectivity index (χ1) is 11.3. The van der Waals surface area contributed by atoms with Crippen molar-refractivity contribution in [3.05, 3.63) is 35.4 Å². The van der Waals surface area contributed by atoms with Gasteiger partial charge >= 0.3 is 0 Å². The van der Waals surface area contributed by atoms with Gasteiger partial charge in [0.15, 0.2) is 0 Å². The van der Waals surface area contributed by atoms with E-state index in [9.17, 15) is 14.7 Å². The standard InChI is InChI=1S/C19H28N2O3/c1-19(2,24)10-9-14-6-5-7-15(12-14)18(23)21-11-4-3-8-16(21)13-17(20)22/h5-7,12,16,24H,3-4,8-11,13H2,1-2H3,(H2,20,22)/t16-/m0/s1. The SMILES string of the molecule is CC(C)(O)CCc1cccc(C(=O)N2CCCC[C@H]2CC(N)=O)c1. The van der Waals surface area contributed by atoms with E-state index >= 15 is 0 Å². The number of piperidine rings is 1. The molecule has 3 N–H and O–H groups in total. The Kier molecular flexibility index (Phi) is 5.99. The molecule has 1 saturated heterocycles. The lowest BCUT2D eigenvalue weighted by Gasteiger charge is -2.35. The van der Waals surface area contributed by atoms with Crippen LogP contribution in [-0.2, 0) is 11.2 Å². The summed E-state index contributed by atoms with van der Waals surface area (Å²) in [5.74, 6) is -0.398. The quantitative estimate of drug-likeness (QED) is 0.838. The van der Waals surface area contributed by atoms with E-state index in [0.717, 1.165) is 31.2 Å². The minimum absolute atomic E-state index is 0.0361. The summed E-state index contributed by atoms with van der Waals surface area (Å²) in [5.41, 5.74) is 6.28. The number of carbonyl (C=O) groups is 2. The molecule has 1 aromatic carbocycles. The van der Waals surface area contributed by atoms with Crippen molar-refractivity contribution < 1.29 is 14.7 Å². The van der Waals surface area contributed by atoms with Crippen LogP contribution in [-0.4, -0.2) is 40.0 Å². The Hall–Kier alpha value is -1.88. The molecule has 0 aromatic heterocycles. The van der Waals surface area contributed by atoms with Gasteiger partial charge < -0.3 is 15.7 Å². The second-order valence-corrected chi connectivity index (χ2v) is 7.33. The second-order valence-electron chi connectivity index (χ2n) is 7.33. The predicted octanol–water partition coefficient (Wildman–Crippen LogP) is 2.26. The molecule has 0 aliphatic carbocycles. The average Bonchev–Trinajstić information content (AvgIpc) is 2.52. The van der Waals surface area contributed by atoms with E-state index < -0.39 is 5.60 Å². The molecule has 24 heavy (non-hydrogen) atoms. The van der Waals surface area contributed by atoms with Gasteiger partial charge in [0.2, 0.25) is 5.91 Å². The monoisotopic (exact) mass is 332 g/mol. The van der Waals surface area contributed by atoms with E-state index in [4.69, 9.17) is 5.73 Å². The number of benzene rings is 1. The van der Waals surface area contributed by atoms with Crippen LogP contribution in [0.25, 0.3) is 0 Å². The number of hydrogen-bond donors (Lipinski definition) is 2. The van der Waals surface area contributed by atoms with E-state index in [1.807, 2.05) is 24.3 Å². The van der Waals surface area contributed by atoms with Gasteiger partial charge in [-0.3, -0.25) is 9.59 Å². The summed E-state index contributed by atoms with van der Waals surface area (Å²) in [6.45, 7) is 4.24. The number of carbonyl (C=O) groups excluding carboxylic acids is 2. The Morgan fingerprint density at radius 3 is 2.75 bits per heavy atom. The van der Waals surface area contributed by atoms with Crippen molar-refractivity contribution in [2.24, 2.45) is 5.73 Å². The lowest BCUT2D eigenvalue weighted by molar-refractivity contribution is -0.119. The first-order valence-corrected chi connectivity index (χ1v) is 8.67. The normalized spacial score (nSPS) is 18.5. The van der Waals surface area contributed by atoms with Crippen LogP contribution in [0, 0.1) is 0 Å². The summed E-state index contributed by atoms with van der Waals surface area (Å²) in [5, 5.41) is 9.86. The molecular formula is C19H28N2O3. The molecular weight excluding hydrogens is 304 g/mol. The van der Waals surface area contributed by atoms with Crippen molar-refractivity contribution in [2.75, 3.05) is 6.54 Å². The topological polar surface area (TPSA) is 83.6 Å². The van der Waals surface area contributed by atoms with E-state index in [1.165, 1.54) is 0 Å². The third-order valence-corrected chi connectivity index (χ3v) is 4.52. The van der Waals surface area contributed by atoms with Crippen molar-refractivity contribution in [2.45, 2.75) is 64.0 Å². The van der Waals surface area contributed by atoms with Gasteiger partial charge in [-0.2, -0.15) is 0 Å². The zero-order valence-corrected chi connectivity index (χ0v) is 14.6. The third kappa shape index (κ3) is 5.34. The van der Waals surface area contributed by atoms with E-state index in [0.29, 0.717) is 18.5 Å². The Bertz CT molecular complexity index is 593. The number of hydrogen-bond acceptors (Lipinski definition) is 3. The van der Waals surface area contributed by atoms with Gasteiger partial charge in [0.25, 0.3) is 5.91 Å². The largest absolute Gasteiger partial charge is 0.390 e. The van der Waals surface area contributed by atoms with Gasteiger partial charge in [-0.05, 0) is 63.6 Å². The number of aliphatic hydroxyl groups is 1. The molecule has 1 aliphatic heterocycles. The fourth-order valence-electron chi connectivity index (χ4n) is 3.19. The van der Waals surface area contributed by atoms with Crippen molar-refractivity contribution >= 4 is 11.8 Å². The third-order valence-electron chi connectivity index (χ3n) is 4.52. The predicted molar refractivity (Wildman–Crippen MR) is 93.5 cm³/mol. The van der Waals surface area contributed by atoms with E-state index in [1.54, 1.807) is 18.7 Å². The number of amides is 2. The van der Waals surface area contributed by atoms with Crippen molar-refractivity contribution in [3.63, 3.8) is 0 Å². The highest BCUT2D eigenvalue weighted by atomic mass is 16.3. The number of nitrogens with two attached hydrogens (primary N) is 1. The molecule has 132 valence electrons. The molecule has 1 aliphatic rings. The van der Waals surface area contributed by atoms with Crippen LogP contribution >= 0.6 is 0 Å². The lowest BCUT2D eigenvalue weighted by Crippen LogP contribution is -2.45. The first-order valence-electron chi connectivity index (χ1n) is 8.67. The van der Waals surface area contributed by atoms with Gasteiger partial charge in [0.05, 0.1) is 5.60 Å². The Labute approximate surface area is 143 Å². The molecule has 1 fully saturated rings. The number of nitrogens with zero attached hydrogens (tertiary/aromatic N) is 1. The van der Waals surface area contributed by atoms with Crippen molar-refractivity contribution in [1.29, 1.82) is 0 Å². The zero-order chi connectivity index (χ0) is 17.7. The molecule has 5 heteroatoms. The molecule has 0 saturated carbocycles. The Morgan fingerprint density at radius 1 is 1.33 bits per heavy atom. The smallest absolute Gasteiger partial charge is 0.254 e. The molecule has 5 nitrogen and oxygen atoms in total. The number of primary amides is 1. The summed E-state index contributed by atoms with van der Waals surface area (Å²) < 4.78 is 0. The Morgan fingerprint density at radius 2 is 2.08 bits per heavy atom. The maximum absolute atomic E-state index is 12.9. The van der Waals surface area contributed by atoms with Crippen LogP contribution in [0.15, 0.2) is 24.3 Å². The van der Waals surface area contributed by atoms with Gasteiger partial charge in [0.1, 0.15) is 0 Å². The molecule has 0 bridgehead atoms. The summed E-state index contributed by atoms with van der Waals surface area (Å²) in [4.78, 5) is 25.9. The minimum Gasteiger partial charge on any atom is -0.390 e. The number of likely N-dealkylation sites (tertiary alicyclic amines) is 1. The average molecular weight is 332 g/mol. The van der Waals surface area contributed by atoms with Gasteiger partial charge in [-0.25, -0.2) is 0 Å². The Balaban J connectivity index is 2.11. The molecule has 0 unspecified atom stereocenters. The molecule has 0 spiro atoms. The van der Waals surface area contributed by atoms with Crippen LogP contribution in [0.1, 0.15) is 61.9 Å². The maximum atomic E-state index is 12.9. The first kappa shape index (κ1) is 18.5. The zero-order valence-electron chi connectivity index (χ0n) is 14.6. The molecule has 0 radical (unpaired) electrons. The summed E-state index contributed by atoms with van der Waals surface area (Å²) >= 11 is 0. The highest BCUT2D eigenvalue weighted by molar-refractivity contribution is 5.95. The summed E-state index contributed by atoms with van der Waals surface area (Å²) in [7, 11) is 0. The number of rotatable bonds is 6. The van der Waals surface area contributed by atoms with Crippen molar-refractivity contribution in [3.8, 4) is 0 Å². The molecule has 2 amide bonds. The molecule has 1 aromatic rings. The van der Waals surface area contributed by atoms with Gasteiger partial charge in [0, 0.05) is 24.6 Å². The van der Waals surface area contributed by atoms with Crippen LogP contribution < -0.4 is 5.73 Å². The van der Waals surface area contributed by atoms with E-state index in [-0.39, 0.29) is 24.3 Å². The summed E-state index contributed by atoms with van der Waals surface area (Å²) in [6, 6.07) is 7.46. The van der Waals surface area contributed by atoms with Gasteiger partial charge in [-0.1, -0.05) is 12.1 Å². The minimum atomic E-state index is -0.723. The van der Waals surface area contributed by atoms with Gasteiger partial charge in [-0.15, -0.1) is 0 Å². The highest BCUT2D eigenvalue weighted by Gasteiger charge is 2.28. The van der Waals surface area contributed by atoms with Crippen LogP contribution in [0.5, 0.6) is 0 Å². The highest BCUT2D eigenvalue weighted by Crippen LogP contribution is 2.23. The lowest BCUT2D eigenvalue weighted by atomic mass is 9.96. The molecule has 1 atom stereocenters. The van der Waals surface area contributed by atoms with Crippen LogP contribution in [0.4, 0.5) is 0 Å². The van der Waals surface area contributed by atoms with E-state index in [2.05, 4.69) is 0 Å². The maximum Gasteiger partial charge on any atom is 0.254 e. The van der Waals surface area contributed by atoms with Crippen molar-refractivity contribution in [1.82, 2.24) is 4.90 Å². The number of aryl methyl sites for hydroxylation is 1. The van der Waals surface area contributed by atoms with Crippen LogP contribution in [0.2, 0.25) is 0 Å². The van der Waals surface area contributed by atoms with Crippen LogP contribution in [0.3, 0.4) is 0 Å². The second kappa shape index (κ2) is 7.79. The fourth-order valence-corrected chi connectivity index (χ4v) is 3.19. The summed E-state index contributed by atoms with van der Waals surface area (Å²) in [6.07, 6.45) is 4.39. The molecule has 1 heterocycles. The fraction of sp³-hybridized carbons (Fsp3) is 0.579.